The third kappa shape index (κ3) is 2.58. The van der Waals surface area contributed by atoms with Crippen LogP contribution in [-0.4, -0.2) is 9.35 Å². The Hall–Kier alpha value is -2.36. The zero-order valence-electron chi connectivity index (χ0n) is 15.3. The van der Waals surface area contributed by atoms with Crippen LogP contribution >= 0.6 is 46.4 Å². The Balaban J connectivity index is 1.89. The van der Waals surface area contributed by atoms with Gasteiger partial charge >= 0.3 is 0 Å². The molecule has 6 rings (SSSR count). The van der Waals surface area contributed by atoms with Crippen LogP contribution in [0.2, 0.25) is 20.1 Å². The number of fused-ring (bicyclic) bond motifs is 6. The summed E-state index contributed by atoms with van der Waals surface area (Å²) in [4.78, 5) is 0. The molecule has 0 saturated heterocycles. The van der Waals surface area contributed by atoms with E-state index < -0.39 is 0 Å². The zero-order valence-corrected chi connectivity index (χ0v) is 18.4. The summed E-state index contributed by atoms with van der Waals surface area (Å²) >= 11 is 25.4. The van der Waals surface area contributed by atoms with Gasteiger partial charge in [-0.1, -0.05) is 46.4 Å². The van der Waals surface area contributed by atoms with Gasteiger partial charge in [-0.3, -0.25) is 0 Å². The molecule has 0 fully saturated rings. The lowest BCUT2D eigenvalue weighted by Crippen LogP contribution is -2.08. The molecule has 0 atom stereocenters. The average molecular weight is 470 g/mol. The van der Waals surface area contributed by atoms with E-state index >= 15 is 0 Å². The largest absolute Gasteiger partial charge is 0.248 e. The van der Waals surface area contributed by atoms with Gasteiger partial charge in [-0.15, -0.1) is 0 Å². The van der Waals surface area contributed by atoms with Crippen molar-refractivity contribution < 1.29 is 0 Å². The normalized spacial score (nSPS) is 12.0. The number of hydrogen-bond acceptors (Lipinski definition) is 0. The maximum absolute atomic E-state index is 6.34. The Labute approximate surface area is 191 Å². The van der Waals surface area contributed by atoms with Crippen molar-refractivity contribution in [3.8, 4) is 0 Å². The average Bonchev–Trinajstić information content (AvgIpc) is 3.19. The topological polar surface area (TPSA) is 9.86 Å². The number of nitrogens with zero attached hydrogens (tertiary/aromatic N) is 2. The summed E-state index contributed by atoms with van der Waals surface area (Å²) in [6.07, 6.45) is 0. The smallest absolute Gasteiger partial charge is 0.0717 e. The first-order chi connectivity index (χ1) is 14.5. The van der Waals surface area contributed by atoms with E-state index in [1.54, 1.807) is 0 Å². The van der Waals surface area contributed by atoms with Gasteiger partial charge in [-0.2, -0.15) is 0 Å². The summed E-state index contributed by atoms with van der Waals surface area (Å²) in [6, 6.07) is 23.7. The van der Waals surface area contributed by atoms with E-state index in [9.17, 15) is 0 Å². The minimum absolute atomic E-state index is 0.683. The lowest BCUT2D eigenvalue weighted by atomic mass is 10.1. The van der Waals surface area contributed by atoms with Crippen LogP contribution in [0.3, 0.4) is 0 Å². The Morgan fingerprint density at radius 3 is 0.833 bits per heavy atom. The highest BCUT2D eigenvalue weighted by molar-refractivity contribution is 6.34. The zero-order chi connectivity index (χ0) is 20.6. The molecule has 146 valence electrons. The van der Waals surface area contributed by atoms with E-state index in [-0.39, 0.29) is 0 Å². The van der Waals surface area contributed by atoms with Gasteiger partial charge in [0.25, 0.3) is 0 Å². The Morgan fingerprint density at radius 1 is 0.367 bits per heavy atom. The summed E-state index contributed by atoms with van der Waals surface area (Å²) in [7, 11) is 0. The highest BCUT2D eigenvalue weighted by atomic mass is 35.5. The molecule has 2 aromatic heterocycles. The highest BCUT2D eigenvalue weighted by Gasteiger charge is 2.18. The maximum Gasteiger partial charge on any atom is 0.0717 e. The van der Waals surface area contributed by atoms with Gasteiger partial charge in [0.2, 0.25) is 0 Å². The summed E-state index contributed by atoms with van der Waals surface area (Å²) in [6.45, 7) is 0. The first-order valence-corrected chi connectivity index (χ1v) is 10.8. The second kappa shape index (κ2) is 6.57. The van der Waals surface area contributed by atoms with E-state index in [0.717, 1.165) is 43.6 Å². The van der Waals surface area contributed by atoms with Gasteiger partial charge < -0.3 is 0 Å². The molecule has 0 amide bonds. The second-order valence-corrected chi connectivity index (χ2v) is 9.02. The summed E-state index contributed by atoms with van der Waals surface area (Å²) < 4.78 is 4.40. The minimum Gasteiger partial charge on any atom is -0.248 e. The fraction of sp³-hybridized carbons (Fsp3) is 0. The van der Waals surface area contributed by atoms with Gasteiger partial charge in [0.15, 0.2) is 0 Å². The molecule has 4 aromatic carbocycles. The molecule has 0 N–H and O–H groups in total. The van der Waals surface area contributed by atoms with E-state index in [1.165, 1.54) is 0 Å². The summed E-state index contributed by atoms with van der Waals surface area (Å²) in [5.74, 6) is 0. The predicted octanol–water partition coefficient (Wildman–Crippen LogP) is 8.83. The summed E-state index contributed by atoms with van der Waals surface area (Å²) in [5.41, 5.74) is 4.11. The van der Waals surface area contributed by atoms with E-state index in [4.69, 9.17) is 46.4 Å². The second-order valence-electron chi connectivity index (χ2n) is 7.27. The van der Waals surface area contributed by atoms with Crippen LogP contribution in [0, 0.1) is 0 Å². The van der Waals surface area contributed by atoms with Crippen molar-refractivity contribution in [1.82, 2.24) is 9.35 Å². The molecule has 0 bridgehead atoms. The number of rotatable bonds is 1. The molecule has 0 aliphatic heterocycles. The third-order valence-electron chi connectivity index (χ3n) is 5.53. The molecular formula is C24H12Cl4N2. The fourth-order valence-corrected chi connectivity index (χ4v) is 5.01. The molecule has 0 aliphatic rings. The lowest BCUT2D eigenvalue weighted by molar-refractivity contribution is 0.775. The number of aromatic nitrogens is 2. The number of hydrogen-bond donors (Lipinski definition) is 0. The molecule has 0 unspecified atom stereocenters. The van der Waals surface area contributed by atoms with Crippen molar-refractivity contribution in [2.45, 2.75) is 0 Å². The van der Waals surface area contributed by atoms with Gasteiger partial charge in [0.05, 0.1) is 22.1 Å². The Morgan fingerprint density at radius 2 is 0.600 bits per heavy atom. The van der Waals surface area contributed by atoms with Gasteiger partial charge in [-0.05, 0) is 72.8 Å². The quantitative estimate of drug-likeness (QED) is 0.227. The lowest BCUT2D eigenvalue weighted by Gasteiger charge is -2.13. The summed E-state index contributed by atoms with van der Waals surface area (Å²) in [5, 5.41) is 6.89. The van der Waals surface area contributed by atoms with Gasteiger partial charge in [-0.25, -0.2) is 9.35 Å². The van der Waals surface area contributed by atoms with Gasteiger partial charge in [0, 0.05) is 41.6 Å². The molecule has 0 aliphatic carbocycles. The van der Waals surface area contributed by atoms with Crippen LogP contribution in [0.5, 0.6) is 0 Å². The van der Waals surface area contributed by atoms with Crippen molar-refractivity contribution in [1.29, 1.82) is 0 Å². The monoisotopic (exact) mass is 468 g/mol. The first-order valence-electron chi connectivity index (χ1n) is 9.30. The van der Waals surface area contributed by atoms with Crippen molar-refractivity contribution in [3.63, 3.8) is 0 Å². The highest BCUT2D eigenvalue weighted by Crippen LogP contribution is 2.38. The fourth-order valence-electron chi connectivity index (χ4n) is 4.33. The maximum atomic E-state index is 6.34. The molecule has 0 spiro atoms. The van der Waals surface area contributed by atoms with Crippen LogP contribution in [0.15, 0.2) is 72.8 Å². The molecule has 6 heteroatoms. The molecule has 0 saturated carbocycles. The van der Waals surface area contributed by atoms with Gasteiger partial charge in [0.1, 0.15) is 0 Å². The number of halogens is 4. The minimum atomic E-state index is 0.683. The molecular weight excluding hydrogens is 458 g/mol. The van der Waals surface area contributed by atoms with Crippen LogP contribution in [-0.2, 0) is 0 Å². The van der Waals surface area contributed by atoms with Crippen LogP contribution in [0.25, 0.3) is 43.6 Å². The number of benzene rings is 4. The van der Waals surface area contributed by atoms with Crippen molar-refractivity contribution in [3.05, 3.63) is 92.9 Å². The van der Waals surface area contributed by atoms with Crippen molar-refractivity contribution >= 4 is 90.0 Å². The Kier molecular flexibility index (Phi) is 4.03. The molecule has 6 aromatic rings. The van der Waals surface area contributed by atoms with Crippen LogP contribution in [0.1, 0.15) is 0 Å². The first kappa shape index (κ1) is 18.4. The molecule has 30 heavy (non-hydrogen) atoms. The van der Waals surface area contributed by atoms with E-state index in [2.05, 4.69) is 9.35 Å². The molecule has 2 nitrogen and oxygen atoms in total. The Bertz CT molecular complexity index is 1400. The molecule has 0 radical (unpaired) electrons. The standard InChI is InChI=1S/C24H12Cl4N2/c25-13-1-5-21-17(9-13)18-10-14(26)2-6-22(18)29(21)30-23-7-3-15(27)11-19(23)20-12-16(28)4-8-24(20)30/h1-12H. The van der Waals surface area contributed by atoms with Crippen molar-refractivity contribution in [2.75, 3.05) is 0 Å². The van der Waals surface area contributed by atoms with Crippen LogP contribution in [0.4, 0.5) is 0 Å². The molecule has 2 heterocycles. The third-order valence-corrected chi connectivity index (χ3v) is 6.47. The van der Waals surface area contributed by atoms with E-state index in [0.29, 0.717) is 20.1 Å². The predicted molar refractivity (Wildman–Crippen MR) is 130 cm³/mol. The van der Waals surface area contributed by atoms with Crippen LogP contribution < -0.4 is 0 Å². The SMILES string of the molecule is Clc1ccc2c(c1)c1cc(Cl)ccc1n2-n1c2ccc(Cl)cc2c2cc(Cl)ccc21. The van der Waals surface area contributed by atoms with E-state index in [1.807, 2.05) is 72.8 Å². The van der Waals surface area contributed by atoms with Crippen molar-refractivity contribution in [2.24, 2.45) is 0 Å².